The number of nitriles is 1. The summed E-state index contributed by atoms with van der Waals surface area (Å²) in [6.45, 7) is 1.26. The van der Waals surface area contributed by atoms with E-state index in [1.165, 1.54) is 37.3 Å². The summed E-state index contributed by atoms with van der Waals surface area (Å²) in [5.74, 6) is -5.69. The van der Waals surface area contributed by atoms with Gasteiger partial charge >= 0.3 is 5.92 Å². The lowest BCUT2D eigenvalue weighted by Gasteiger charge is -2.35. The standard InChI is InChI=1S/C22H16F4N2O2/c1-2-21(29,18-9-5-15(23)11-19(18)24)22(25,26)20-10-8-17(13-28-20)30-16-6-3-14(12-27)4-7-16/h3-11,13,29H,2H2,1H3. The fraction of sp³-hybridized carbons (Fsp3) is 0.182. The van der Waals surface area contributed by atoms with E-state index in [0.717, 1.165) is 24.4 Å². The molecule has 0 fully saturated rings. The van der Waals surface area contributed by atoms with Gasteiger partial charge < -0.3 is 9.84 Å². The number of alkyl halides is 2. The molecule has 0 bridgehead atoms. The maximum atomic E-state index is 15.2. The highest BCUT2D eigenvalue weighted by Gasteiger charge is 2.56. The zero-order valence-electron chi connectivity index (χ0n) is 15.7. The third-order valence-corrected chi connectivity index (χ3v) is 4.68. The number of benzene rings is 2. The van der Waals surface area contributed by atoms with Gasteiger partial charge in [0.05, 0.1) is 17.8 Å². The molecule has 4 nitrogen and oxygen atoms in total. The zero-order chi connectivity index (χ0) is 21.9. The minimum atomic E-state index is -3.98. The van der Waals surface area contributed by atoms with Crippen molar-refractivity contribution in [2.75, 3.05) is 0 Å². The number of halogens is 4. The molecule has 30 heavy (non-hydrogen) atoms. The summed E-state index contributed by atoms with van der Waals surface area (Å²) >= 11 is 0. The van der Waals surface area contributed by atoms with Gasteiger partial charge in [-0.3, -0.25) is 4.98 Å². The van der Waals surface area contributed by atoms with Crippen LogP contribution in [0.5, 0.6) is 11.5 Å². The first-order valence-corrected chi connectivity index (χ1v) is 8.91. The third kappa shape index (κ3) is 3.84. The molecule has 0 aliphatic carbocycles. The Morgan fingerprint density at radius 2 is 1.70 bits per heavy atom. The molecule has 1 heterocycles. The molecule has 154 valence electrons. The summed E-state index contributed by atoms with van der Waals surface area (Å²) in [6.07, 6.45) is 0.492. The fourth-order valence-corrected chi connectivity index (χ4v) is 2.98. The Balaban J connectivity index is 1.89. The number of aromatic nitrogens is 1. The Morgan fingerprint density at radius 1 is 1.03 bits per heavy atom. The van der Waals surface area contributed by atoms with E-state index in [1.54, 1.807) is 0 Å². The molecular formula is C22H16F4N2O2. The van der Waals surface area contributed by atoms with E-state index in [9.17, 15) is 13.9 Å². The van der Waals surface area contributed by atoms with Crippen molar-refractivity contribution < 1.29 is 27.4 Å². The largest absolute Gasteiger partial charge is 0.456 e. The van der Waals surface area contributed by atoms with Gasteiger partial charge in [0.25, 0.3) is 0 Å². The van der Waals surface area contributed by atoms with Gasteiger partial charge in [-0.1, -0.05) is 13.0 Å². The highest BCUT2D eigenvalue weighted by Crippen LogP contribution is 2.47. The normalized spacial score (nSPS) is 13.4. The van der Waals surface area contributed by atoms with Crippen LogP contribution < -0.4 is 4.74 Å². The number of aliphatic hydroxyl groups is 1. The van der Waals surface area contributed by atoms with Crippen molar-refractivity contribution in [2.24, 2.45) is 0 Å². The van der Waals surface area contributed by atoms with Gasteiger partial charge in [-0.2, -0.15) is 14.0 Å². The summed E-state index contributed by atoms with van der Waals surface area (Å²) in [4.78, 5) is 3.68. The Bertz CT molecular complexity index is 1080. The number of hydrogen-bond donors (Lipinski definition) is 1. The molecule has 0 spiro atoms. The van der Waals surface area contributed by atoms with Crippen LogP contribution in [-0.2, 0) is 11.5 Å². The van der Waals surface area contributed by atoms with Gasteiger partial charge in [0.2, 0.25) is 0 Å². The molecule has 0 saturated heterocycles. The molecule has 0 aliphatic rings. The molecule has 3 rings (SSSR count). The maximum Gasteiger partial charge on any atom is 0.321 e. The lowest BCUT2D eigenvalue weighted by Crippen LogP contribution is -2.44. The van der Waals surface area contributed by atoms with E-state index in [1.807, 2.05) is 6.07 Å². The Kier molecular flexibility index (Phi) is 5.76. The highest BCUT2D eigenvalue weighted by atomic mass is 19.3. The SMILES string of the molecule is CCC(O)(c1ccc(F)cc1F)C(F)(F)c1ccc(Oc2ccc(C#N)cc2)cn1. The highest BCUT2D eigenvalue weighted by molar-refractivity contribution is 5.37. The molecule has 1 aromatic heterocycles. The van der Waals surface area contributed by atoms with Crippen molar-refractivity contribution in [1.82, 2.24) is 4.98 Å². The van der Waals surface area contributed by atoms with Crippen LogP contribution in [0, 0.1) is 23.0 Å². The number of nitrogens with zero attached hydrogens (tertiary/aromatic N) is 2. The van der Waals surface area contributed by atoms with Crippen LogP contribution in [0.4, 0.5) is 17.6 Å². The number of pyridine rings is 1. The van der Waals surface area contributed by atoms with Crippen LogP contribution in [0.1, 0.15) is 30.2 Å². The third-order valence-electron chi connectivity index (χ3n) is 4.68. The molecule has 1 unspecified atom stereocenters. The average molecular weight is 416 g/mol. The summed E-state index contributed by atoms with van der Waals surface area (Å²) in [5.41, 5.74) is -4.03. The predicted molar refractivity (Wildman–Crippen MR) is 99.9 cm³/mol. The second-order valence-corrected chi connectivity index (χ2v) is 6.53. The lowest BCUT2D eigenvalue weighted by atomic mass is 9.82. The fourth-order valence-electron chi connectivity index (χ4n) is 2.98. The summed E-state index contributed by atoms with van der Waals surface area (Å²) in [5, 5.41) is 19.5. The van der Waals surface area contributed by atoms with Crippen LogP contribution in [0.2, 0.25) is 0 Å². The minimum Gasteiger partial charge on any atom is -0.456 e. The van der Waals surface area contributed by atoms with Crippen LogP contribution in [-0.4, -0.2) is 10.1 Å². The van der Waals surface area contributed by atoms with Gasteiger partial charge in [-0.05, 0) is 48.9 Å². The molecule has 0 aliphatic heterocycles. The van der Waals surface area contributed by atoms with Gasteiger partial charge in [-0.15, -0.1) is 0 Å². The Hall–Kier alpha value is -3.44. The van der Waals surface area contributed by atoms with Crippen LogP contribution in [0.3, 0.4) is 0 Å². The number of rotatable bonds is 6. The number of hydrogen-bond acceptors (Lipinski definition) is 4. The monoisotopic (exact) mass is 416 g/mol. The van der Waals surface area contributed by atoms with E-state index in [4.69, 9.17) is 10.00 Å². The summed E-state index contributed by atoms with van der Waals surface area (Å²) in [6, 6.07) is 12.3. The van der Waals surface area contributed by atoms with Crippen LogP contribution >= 0.6 is 0 Å². The molecule has 1 atom stereocenters. The maximum absolute atomic E-state index is 15.2. The van der Waals surface area contributed by atoms with Crippen molar-refractivity contribution in [3.63, 3.8) is 0 Å². The van der Waals surface area contributed by atoms with Gasteiger partial charge in [0.15, 0.2) is 5.60 Å². The molecule has 3 aromatic rings. The van der Waals surface area contributed by atoms with E-state index in [0.29, 0.717) is 17.4 Å². The van der Waals surface area contributed by atoms with E-state index in [2.05, 4.69) is 4.98 Å². The molecule has 0 saturated carbocycles. The minimum absolute atomic E-state index is 0.146. The Morgan fingerprint density at radius 3 is 2.23 bits per heavy atom. The van der Waals surface area contributed by atoms with Crippen molar-refractivity contribution in [2.45, 2.75) is 24.9 Å². The molecule has 0 radical (unpaired) electrons. The van der Waals surface area contributed by atoms with Crippen LogP contribution in [0.25, 0.3) is 0 Å². The predicted octanol–water partition coefficient (Wildman–Crippen LogP) is 5.41. The zero-order valence-corrected chi connectivity index (χ0v) is 15.7. The molecule has 0 amide bonds. The smallest absolute Gasteiger partial charge is 0.321 e. The average Bonchev–Trinajstić information content (AvgIpc) is 2.74. The summed E-state index contributed by atoms with van der Waals surface area (Å²) < 4.78 is 63.2. The van der Waals surface area contributed by atoms with E-state index < -0.39 is 40.8 Å². The second-order valence-electron chi connectivity index (χ2n) is 6.53. The number of ether oxygens (including phenoxy) is 1. The van der Waals surface area contributed by atoms with Crippen molar-refractivity contribution in [1.29, 1.82) is 5.26 Å². The topological polar surface area (TPSA) is 66.1 Å². The molecule has 2 aromatic carbocycles. The first-order valence-electron chi connectivity index (χ1n) is 8.91. The van der Waals surface area contributed by atoms with Gasteiger partial charge in [0, 0.05) is 11.6 Å². The van der Waals surface area contributed by atoms with Crippen LogP contribution in [0.15, 0.2) is 60.8 Å². The first kappa shape index (κ1) is 21.3. The second kappa shape index (κ2) is 8.13. The summed E-state index contributed by atoms with van der Waals surface area (Å²) in [7, 11) is 0. The van der Waals surface area contributed by atoms with Gasteiger partial charge in [-0.25, -0.2) is 8.78 Å². The molecular weight excluding hydrogens is 400 g/mol. The molecule has 1 N–H and O–H groups in total. The van der Waals surface area contributed by atoms with Crippen molar-refractivity contribution >= 4 is 0 Å². The first-order chi connectivity index (χ1) is 14.2. The molecule has 8 heteroatoms. The van der Waals surface area contributed by atoms with E-state index >= 15 is 8.78 Å². The van der Waals surface area contributed by atoms with Gasteiger partial charge in [0.1, 0.15) is 28.8 Å². The van der Waals surface area contributed by atoms with E-state index in [-0.39, 0.29) is 5.75 Å². The van der Waals surface area contributed by atoms with Crippen molar-refractivity contribution in [3.05, 3.63) is 89.2 Å². The lowest BCUT2D eigenvalue weighted by molar-refractivity contribution is -0.200. The van der Waals surface area contributed by atoms with Crippen molar-refractivity contribution in [3.8, 4) is 17.6 Å². The quantitative estimate of drug-likeness (QED) is 0.546. The Labute approximate surface area is 170 Å².